The number of furan rings is 1. The Kier molecular flexibility index (Phi) is 6.51. The molecule has 0 atom stereocenters. The first-order valence-electron chi connectivity index (χ1n) is 8.78. The van der Waals surface area contributed by atoms with E-state index in [0.29, 0.717) is 38.4 Å². The molecular formula is C21H20BrClN3NaO2. The van der Waals surface area contributed by atoms with Gasteiger partial charge < -0.3 is 14.1 Å². The van der Waals surface area contributed by atoms with Gasteiger partial charge in [0.2, 0.25) is 5.88 Å². The molecule has 0 aliphatic carbocycles. The molecule has 0 unspecified atom stereocenters. The molecule has 0 fully saturated rings. The summed E-state index contributed by atoms with van der Waals surface area (Å²) >= 11 is 9.85. The van der Waals surface area contributed by atoms with Gasteiger partial charge in [0.25, 0.3) is 0 Å². The summed E-state index contributed by atoms with van der Waals surface area (Å²) in [7, 11) is 1.58. The molecule has 0 amide bonds. The molecular weight excluding hydrogens is 465 g/mol. The second-order valence-electron chi connectivity index (χ2n) is 7.52. The molecule has 5 nitrogen and oxygen atoms in total. The zero-order valence-electron chi connectivity index (χ0n) is 15.9. The van der Waals surface area contributed by atoms with E-state index in [-0.39, 0.29) is 35.0 Å². The van der Waals surface area contributed by atoms with Crippen molar-refractivity contribution in [2.24, 2.45) is 0 Å². The fourth-order valence-corrected chi connectivity index (χ4v) is 4.17. The quantitative estimate of drug-likeness (QED) is 0.365. The molecule has 0 spiro atoms. The number of pyridine rings is 1. The zero-order valence-corrected chi connectivity index (χ0v) is 18.3. The molecule has 0 aliphatic rings. The van der Waals surface area contributed by atoms with E-state index >= 15 is 0 Å². The van der Waals surface area contributed by atoms with Gasteiger partial charge in [-0.15, -0.1) is 0 Å². The van der Waals surface area contributed by atoms with E-state index < -0.39 is 0 Å². The Morgan fingerprint density at radius 2 is 1.86 bits per heavy atom. The Labute approximate surface area is 204 Å². The molecule has 0 aliphatic heterocycles. The Morgan fingerprint density at radius 3 is 2.48 bits per heavy atom. The summed E-state index contributed by atoms with van der Waals surface area (Å²) in [6.45, 7) is 6.40. The molecule has 1 N–H and O–H groups in total. The van der Waals surface area contributed by atoms with Crippen molar-refractivity contribution in [2.45, 2.75) is 26.2 Å². The minimum absolute atomic E-state index is 0. The molecule has 0 saturated heterocycles. The summed E-state index contributed by atoms with van der Waals surface area (Å²) < 4.78 is 12.1. The van der Waals surface area contributed by atoms with Crippen molar-refractivity contribution in [3.8, 4) is 28.7 Å². The van der Waals surface area contributed by atoms with Crippen LogP contribution in [0.25, 0.3) is 33.9 Å². The van der Waals surface area contributed by atoms with Crippen LogP contribution in [0.15, 0.2) is 45.5 Å². The number of H-pyrrole nitrogens is 1. The topological polar surface area (TPSA) is 63.9 Å². The van der Waals surface area contributed by atoms with Crippen LogP contribution in [0.4, 0.5) is 0 Å². The molecule has 29 heavy (non-hydrogen) atoms. The molecule has 3 aromatic heterocycles. The summed E-state index contributed by atoms with van der Waals surface area (Å²) in [6.07, 6.45) is 0. The SMILES string of the molecule is COc1nc(-c2ccccc2Cl)cc2nc(-c3cc(C(C)(C)C)c(Br)o3)[nH]c12.[NaH]. The van der Waals surface area contributed by atoms with Crippen LogP contribution in [-0.2, 0) is 5.41 Å². The third kappa shape index (κ3) is 4.28. The molecule has 0 bridgehead atoms. The van der Waals surface area contributed by atoms with E-state index in [2.05, 4.69) is 46.7 Å². The minimum atomic E-state index is -0.0525. The number of hydrogen-bond acceptors (Lipinski definition) is 4. The van der Waals surface area contributed by atoms with E-state index in [9.17, 15) is 0 Å². The fourth-order valence-electron chi connectivity index (χ4n) is 3.05. The van der Waals surface area contributed by atoms with Crippen molar-refractivity contribution in [3.05, 3.63) is 51.7 Å². The second kappa shape index (κ2) is 8.44. The average Bonchev–Trinajstić information content (AvgIpc) is 3.24. The Morgan fingerprint density at radius 1 is 1.14 bits per heavy atom. The molecule has 0 saturated carbocycles. The number of imidazole rings is 1. The number of benzene rings is 1. The van der Waals surface area contributed by atoms with Crippen molar-refractivity contribution in [1.82, 2.24) is 15.0 Å². The van der Waals surface area contributed by atoms with Gasteiger partial charge in [0.15, 0.2) is 16.3 Å². The average molecular weight is 485 g/mol. The van der Waals surface area contributed by atoms with Crippen molar-refractivity contribution in [1.29, 1.82) is 0 Å². The number of ether oxygens (including phenoxy) is 1. The number of methoxy groups -OCH3 is 1. The van der Waals surface area contributed by atoms with Crippen LogP contribution in [0.5, 0.6) is 5.88 Å². The van der Waals surface area contributed by atoms with Crippen LogP contribution in [0.3, 0.4) is 0 Å². The van der Waals surface area contributed by atoms with E-state index in [1.165, 1.54) is 0 Å². The number of rotatable bonds is 3. The summed E-state index contributed by atoms with van der Waals surface area (Å²) in [6, 6.07) is 11.4. The van der Waals surface area contributed by atoms with Gasteiger partial charge in [-0.05, 0) is 39.5 Å². The monoisotopic (exact) mass is 483 g/mol. The maximum absolute atomic E-state index is 6.34. The van der Waals surface area contributed by atoms with Crippen molar-refractivity contribution in [3.63, 3.8) is 0 Å². The van der Waals surface area contributed by atoms with Gasteiger partial charge in [0, 0.05) is 16.1 Å². The molecule has 146 valence electrons. The van der Waals surface area contributed by atoms with Gasteiger partial charge in [-0.2, -0.15) is 0 Å². The number of halogens is 2. The van der Waals surface area contributed by atoms with E-state index in [1.54, 1.807) is 7.11 Å². The van der Waals surface area contributed by atoms with Crippen LogP contribution in [0.2, 0.25) is 5.02 Å². The van der Waals surface area contributed by atoms with Gasteiger partial charge in [0.05, 0.1) is 18.3 Å². The number of nitrogens with zero attached hydrogens (tertiary/aromatic N) is 2. The summed E-state index contributed by atoms with van der Waals surface area (Å²) in [4.78, 5) is 12.6. The van der Waals surface area contributed by atoms with Crippen LogP contribution >= 0.6 is 27.5 Å². The molecule has 3 heterocycles. The standard InChI is InChI=1S/C21H19BrClN3O2.Na.H/c1-21(2,3)12-9-16(28-18(12)22)19-24-15-10-14(11-7-5-6-8-13(11)23)25-20(27-4)17(15)26-19;;/h5-10H,1-4H3,(H,24,26);;. The Balaban J connectivity index is 0.00000240. The van der Waals surface area contributed by atoms with Crippen LogP contribution in [0, 0.1) is 0 Å². The molecule has 8 heteroatoms. The Hall–Kier alpha value is -1.31. The second-order valence-corrected chi connectivity index (χ2v) is 8.65. The van der Waals surface area contributed by atoms with E-state index in [4.69, 9.17) is 25.7 Å². The van der Waals surface area contributed by atoms with Gasteiger partial charge >= 0.3 is 29.6 Å². The van der Waals surface area contributed by atoms with E-state index in [0.717, 1.165) is 16.6 Å². The first kappa shape index (κ1) is 22.4. The Bertz CT molecular complexity index is 1180. The first-order valence-corrected chi connectivity index (χ1v) is 9.95. The number of aromatic nitrogens is 3. The van der Waals surface area contributed by atoms with Gasteiger partial charge in [-0.1, -0.05) is 50.6 Å². The maximum atomic E-state index is 6.34. The van der Waals surface area contributed by atoms with Crippen molar-refractivity contribution in [2.75, 3.05) is 7.11 Å². The summed E-state index contributed by atoms with van der Waals surface area (Å²) in [5.41, 5.74) is 3.97. The normalized spacial score (nSPS) is 11.5. The summed E-state index contributed by atoms with van der Waals surface area (Å²) in [5.74, 6) is 1.71. The van der Waals surface area contributed by atoms with Crippen LogP contribution < -0.4 is 4.74 Å². The molecule has 4 rings (SSSR count). The third-order valence-electron chi connectivity index (χ3n) is 4.51. The van der Waals surface area contributed by atoms with Gasteiger partial charge in [0.1, 0.15) is 5.52 Å². The number of hydrogen-bond donors (Lipinski definition) is 1. The summed E-state index contributed by atoms with van der Waals surface area (Å²) in [5, 5.41) is 0.622. The molecule has 0 radical (unpaired) electrons. The van der Waals surface area contributed by atoms with Gasteiger partial charge in [-0.25, -0.2) is 9.97 Å². The fraction of sp³-hybridized carbons (Fsp3) is 0.238. The number of nitrogens with one attached hydrogen (secondary N) is 1. The van der Waals surface area contributed by atoms with Gasteiger partial charge in [-0.3, -0.25) is 0 Å². The predicted molar refractivity (Wildman–Crippen MR) is 122 cm³/mol. The zero-order chi connectivity index (χ0) is 20.1. The van der Waals surface area contributed by atoms with Crippen molar-refractivity contribution >= 4 is 68.1 Å². The number of aromatic amines is 1. The van der Waals surface area contributed by atoms with Crippen molar-refractivity contribution < 1.29 is 9.15 Å². The number of fused-ring (bicyclic) bond motifs is 1. The molecule has 4 aromatic rings. The molecule has 1 aromatic carbocycles. The van der Waals surface area contributed by atoms with Crippen LogP contribution in [-0.4, -0.2) is 51.6 Å². The predicted octanol–water partition coefficient (Wildman–Crippen LogP) is 5.96. The first-order chi connectivity index (χ1) is 13.3. The van der Waals surface area contributed by atoms with Crippen LogP contribution in [0.1, 0.15) is 26.3 Å². The third-order valence-corrected chi connectivity index (χ3v) is 5.43. The van der Waals surface area contributed by atoms with E-state index in [1.807, 2.05) is 36.4 Å².